The van der Waals surface area contributed by atoms with E-state index in [4.69, 9.17) is 9.47 Å². The van der Waals surface area contributed by atoms with E-state index in [0.717, 1.165) is 32.7 Å². The number of nitriles is 1. The zero-order valence-corrected chi connectivity index (χ0v) is 19.2. The van der Waals surface area contributed by atoms with Crippen LogP contribution in [-0.2, 0) is 19.1 Å². The van der Waals surface area contributed by atoms with E-state index in [1.165, 1.54) is 7.11 Å². The number of hydrogen-bond acceptors (Lipinski definition) is 5. The van der Waals surface area contributed by atoms with Crippen molar-refractivity contribution in [1.29, 1.82) is 5.26 Å². The van der Waals surface area contributed by atoms with Crippen LogP contribution in [0.1, 0.15) is 30.4 Å². The van der Waals surface area contributed by atoms with Crippen LogP contribution < -0.4 is 0 Å². The van der Waals surface area contributed by atoms with E-state index in [0.29, 0.717) is 0 Å². The Balaban J connectivity index is 2.12. The molecule has 0 unspecified atom stereocenters. The number of rotatable bonds is 7. The minimum absolute atomic E-state index is 0.0846. The Labute approximate surface area is 198 Å². The Hall–Kier alpha value is -4.17. The average Bonchev–Trinajstić information content (AvgIpc) is 2.88. The highest BCUT2D eigenvalue weighted by atomic mass is 16.5. The number of nitrogens with zero attached hydrogens (tertiary/aromatic N) is 1. The Morgan fingerprint density at radius 3 is 1.82 bits per heavy atom. The van der Waals surface area contributed by atoms with E-state index < -0.39 is 29.7 Å². The van der Waals surface area contributed by atoms with E-state index in [1.807, 2.05) is 84.9 Å². The van der Waals surface area contributed by atoms with Crippen molar-refractivity contribution in [1.82, 2.24) is 0 Å². The number of fused-ring (bicyclic) bond motifs is 2. The first kappa shape index (κ1) is 23.0. The molecule has 0 saturated heterocycles. The lowest BCUT2D eigenvalue weighted by atomic mass is 9.66. The van der Waals surface area contributed by atoms with Crippen molar-refractivity contribution < 1.29 is 19.1 Å². The van der Waals surface area contributed by atoms with Crippen LogP contribution in [-0.4, -0.2) is 25.7 Å². The van der Waals surface area contributed by atoms with Gasteiger partial charge in [0.15, 0.2) is 5.41 Å². The van der Waals surface area contributed by atoms with E-state index >= 15 is 0 Å². The van der Waals surface area contributed by atoms with Crippen LogP contribution in [0.5, 0.6) is 0 Å². The second-order valence-electron chi connectivity index (χ2n) is 8.13. The second-order valence-corrected chi connectivity index (χ2v) is 8.13. The van der Waals surface area contributed by atoms with Gasteiger partial charge in [-0.25, -0.2) is 0 Å². The van der Waals surface area contributed by atoms with Gasteiger partial charge in [0.05, 0.1) is 26.2 Å². The summed E-state index contributed by atoms with van der Waals surface area (Å²) in [6.45, 7) is 1.77. The van der Waals surface area contributed by atoms with Crippen molar-refractivity contribution in [2.45, 2.75) is 19.3 Å². The summed E-state index contributed by atoms with van der Waals surface area (Å²) in [5, 5.41) is 14.3. The largest absolute Gasteiger partial charge is 0.469 e. The lowest BCUT2D eigenvalue weighted by Crippen LogP contribution is -2.40. The van der Waals surface area contributed by atoms with Crippen molar-refractivity contribution in [2.24, 2.45) is 5.41 Å². The summed E-state index contributed by atoms with van der Waals surface area (Å²) in [5.41, 5.74) is -0.293. The molecule has 0 aliphatic heterocycles. The van der Waals surface area contributed by atoms with Crippen molar-refractivity contribution in [2.75, 3.05) is 13.7 Å². The molecule has 0 aliphatic rings. The standard InChI is InChI=1S/C29H25NO4/c1-3-34-28(32)29(19-30,18-26(31)33-2)27(24-16-8-12-20-10-4-6-14-22(20)24)25-17-9-13-21-11-5-7-15-23(21)25/h4-17,27H,3,18H2,1-2H3/t29-/m0/s1. The summed E-state index contributed by atoms with van der Waals surface area (Å²) in [5.74, 6) is -2.18. The molecular formula is C29H25NO4. The molecular weight excluding hydrogens is 426 g/mol. The summed E-state index contributed by atoms with van der Waals surface area (Å²) in [4.78, 5) is 26.2. The topological polar surface area (TPSA) is 76.4 Å². The lowest BCUT2D eigenvalue weighted by Gasteiger charge is -2.34. The highest BCUT2D eigenvalue weighted by Crippen LogP contribution is 2.48. The predicted molar refractivity (Wildman–Crippen MR) is 131 cm³/mol. The quantitative estimate of drug-likeness (QED) is 0.334. The van der Waals surface area contributed by atoms with E-state index in [-0.39, 0.29) is 6.61 Å². The number of ether oxygens (including phenoxy) is 2. The molecule has 1 atom stereocenters. The van der Waals surface area contributed by atoms with Gasteiger partial charge >= 0.3 is 11.9 Å². The fourth-order valence-electron chi connectivity index (χ4n) is 4.70. The first-order chi connectivity index (χ1) is 16.6. The van der Waals surface area contributed by atoms with Crippen LogP contribution >= 0.6 is 0 Å². The molecule has 5 heteroatoms. The van der Waals surface area contributed by atoms with Gasteiger partial charge in [0, 0.05) is 5.92 Å². The molecule has 0 heterocycles. The highest BCUT2D eigenvalue weighted by molar-refractivity contribution is 5.95. The lowest BCUT2D eigenvalue weighted by molar-refractivity contribution is -0.158. The Morgan fingerprint density at radius 2 is 1.35 bits per heavy atom. The summed E-state index contributed by atoms with van der Waals surface area (Å²) in [6.07, 6.45) is -0.435. The molecule has 0 saturated carbocycles. The number of methoxy groups -OCH3 is 1. The third kappa shape index (κ3) is 3.99. The average molecular weight is 452 g/mol. The van der Waals surface area contributed by atoms with Crippen LogP contribution in [0.2, 0.25) is 0 Å². The summed E-state index contributed by atoms with van der Waals surface area (Å²) in [7, 11) is 1.25. The second kappa shape index (κ2) is 9.76. The predicted octanol–water partition coefficient (Wildman–Crippen LogP) is 5.76. The summed E-state index contributed by atoms with van der Waals surface area (Å²) < 4.78 is 10.4. The number of hydrogen-bond donors (Lipinski definition) is 0. The number of carbonyl (C=O) groups excluding carboxylic acids is 2. The third-order valence-electron chi connectivity index (χ3n) is 6.25. The van der Waals surface area contributed by atoms with Crippen molar-refractivity contribution in [3.63, 3.8) is 0 Å². The Morgan fingerprint density at radius 1 is 0.853 bits per heavy atom. The molecule has 0 radical (unpaired) electrons. The first-order valence-corrected chi connectivity index (χ1v) is 11.2. The fraction of sp³-hybridized carbons (Fsp3) is 0.207. The van der Waals surface area contributed by atoms with Crippen molar-refractivity contribution >= 4 is 33.5 Å². The molecule has 34 heavy (non-hydrogen) atoms. The van der Waals surface area contributed by atoms with Gasteiger partial charge in [-0.3, -0.25) is 9.59 Å². The molecule has 0 fully saturated rings. The van der Waals surface area contributed by atoms with Gasteiger partial charge in [0.25, 0.3) is 0 Å². The van der Waals surface area contributed by atoms with Gasteiger partial charge in [-0.05, 0) is 39.6 Å². The molecule has 0 amide bonds. The van der Waals surface area contributed by atoms with Gasteiger partial charge in [-0.2, -0.15) is 5.26 Å². The van der Waals surface area contributed by atoms with E-state index in [1.54, 1.807) is 6.92 Å². The molecule has 170 valence electrons. The zero-order valence-electron chi connectivity index (χ0n) is 19.2. The van der Waals surface area contributed by atoms with Crippen LogP contribution in [0, 0.1) is 16.7 Å². The van der Waals surface area contributed by atoms with Gasteiger partial charge in [-0.15, -0.1) is 0 Å². The maximum atomic E-state index is 13.6. The molecule has 0 aliphatic carbocycles. The van der Waals surface area contributed by atoms with E-state index in [2.05, 4.69) is 6.07 Å². The van der Waals surface area contributed by atoms with Crippen LogP contribution in [0.3, 0.4) is 0 Å². The van der Waals surface area contributed by atoms with Crippen molar-refractivity contribution in [3.05, 3.63) is 96.1 Å². The Bertz CT molecular complexity index is 1310. The molecule has 4 aromatic rings. The molecule has 4 aromatic carbocycles. The highest BCUT2D eigenvalue weighted by Gasteiger charge is 2.52. The minimum Gasteiger partial charge on any atom is -0.469 e. The maximum absolute atomic E-state index is 13.6. The fourth-order valence-corrected chi connectivity index (χ4v) is 4.70. The monoisotopic (exact) mass is 451 g/mol. The molecule has 4 rings (SSSR count). The molecule has 0 aromatic heterocycles. The Kier molecular flexibility index (Phi) is 6.60. The van der Waals surface area contributed by atoms with E-state index in [9.17, 15) is 14.9 Å². The van der Waals surface area contributed by atoms with Crippen molar-refractivity contribution in [3.8, 4) is 6.07 Å². The normalized spacial score (nSPS) is 12.8. The van der Waals surface area contributed by atoms with Gasteiger partial charge in [0.1, 0.15) is 0 Å². The van der Waals surface area contributed by atoms with Crippen LogP contribution in [0.4, 0.5) is 0 Å². The molecule has 0 spiro atoms. The van der Waals surface area contributed by atoms with Gasteiger partial charge in [-0.1, -0.05) is 84.9 Å². The summed E-state index contributed by atoms with van der Waals surface area (Å²) >= 11 is 0. The molecule has 0 bridgehead atoms. The first-order valence-electron chi connectivity index (χ1n) is 11.2. The molecule has 5 nitrogen and oxygen atoms in total. The van der Waals surface area contributed by atoms with Crippen LogP contribution in [0.25, 0.3) is 21.5 Å². The number of carbonyl (C=O) groups is 2. The SMILES string of the molecule is CCOC(=O)[C@](C#N)(CC(=O)OC)C(c1cccc2ccccc12)c1cccc2ccccc12. The zero-order chi connectivity index (χ0) is 24.1. The van der Waals surface area contributed by atoms with Gasteiger partial charge < -0.3 is 9.47 Å². The third-order valence-corrected chi connectivity index (χ3v) is 6.25. The number of benzene rings is 4. The number of esters is 2. The maximum Gasteiger partial charge on any atom is 0.328 e. The smallest absolute Gasteiger partial charge is 0.328 e. The summed E-state index contributed by atoms with van der Waals surface area (Å²) in [6, 6.07) is 29.4. The van der Waals surface area contributed by atoms with Gasteiger partial charge in [0.2, 0.25) is 0 Å². The molecule has 0 N–H and O–H groups in total. The van der Waals surface area contributed by atoms with Crippen LogP contribution in [0.15, 0.2) is 84.9 Å². The minimum atomic E-state index is -1.84.